The maximum Gasteiger partial charge on any atom is 0.320 e. The lowest BCUT2D eigenvalue weighted by molar-refractivity contribution is -0.139. The summed E-state index contributed by atoms with van der Waals surface area (Å²) in [5.41, 5.74) is 7.43. The topological polar surface area (TPSA) is 128 Å². The van der Waals surface area contributed by atoms with Gasteiger partial charge in [0.1, 0.15) is 12.1 Å². The van der Waals surface area contributed by atoms with Gasteiger partial charge in [-0.1, -0.05) is 18.2 Å². The van der Waals surface area contributed by atoms with Crippen LogP contribution in [0.2, 0.25) is 0 Å². The lowest BCUT2D eigenvalue weighted by Gasteiger charge is -2.04. The van der Waals surface area contributed by atoms with E-state index in [1.54, 1.807) is 0 Å². The van der Waals surface area contributed by atoms with Gasteiger partial charge in [0.25, 0.3) is 0 Å². The van der Waals surface area contributed by atoms with Crippen LogP contribution >= 0.6 is 0 Å². The first-order valence-electron chi connectivity index (χ1n) is 7.48. The number of fused-ring (bicyclic) bond motifs is 1. The monoisotopic (exact) mass is 319 g/mol. The number of aromatic amines is 1. The van der Waals surface area contributed by atoms with Crippen molar-refractivity contribution < 1.29 is 19.8 Å². The molecular formula is C16H21N3O4. The predicted molar refractivity (Wildman–Crippen MR) is 86.3 cm³/mol. The van der Waals surface area contributed by atoms with Gasteiger partial charge in [0.2, 0.25) is 0 Å². The van der Waals surface area contributed by atoms with E-state index in [1.165, 1.54) is 0 Å². The molecule has 23 heavy (non-hydrogen) atoms. The molecule has 2 atom stereocenters. The van der Waals surface area contributed by atoms with Crippen molar-refractivity contribution in [1.82, 2.24) is 10.3 Å². The molecule has 0 aliphatic carbocycles. The van der Waals surface area contributed by atoms with Crippen molar-refractivity contribution in [2.45, 2.75) is 31.3 Å². The first kappa shape index (κ1) is 17.0. The Morgan fingerprint density at radius 1 is 1.30 bits per heavy atom. The minimum Gasteiger partial charge on any atom is -0.480 e. The molecule has 3 rings (SSSR count). The van der Waals surface area contributed by atoms with Gasteiger partial charge in [0.15, 0.2) is 0 Å². The summed E-state index contributed by atoms with van der Waals surface area (Å²) in [7, 11) is 0. The van der Waals surface area contributed by atoms with E-state index in [0.29, 0.717) is 6.42 Å². The Hall–Kier alpha value is -2.38. The van der Waals surface area contributed by atoms with Crippen LogP contribution in [0.15, 0.2) is 30.5 Å². The summed E-state index contributed by atoms with van der Waals surface area (Å²) in [5, 5.41) is 21.0. The Morgan fingerprint density at radius 3 is 2.61 bits per heavy atom. The molecule has 2 aromatic rings. The molecule has 2 heterocycles. The third-order valence-electron chi connectivity index (χ3n) is 3.79. The molecule has 0 saturated carbocycles. The smallest absolute Gasteiger partial charge is 0.320 e. The van der Waals surface area contributed by atoms with E-state index in [9.17, 15) is 9.59 Å². The summed E-state index contributed by atoms with van der Waals surface area (Å²) in [6, 6.07) is 6.64. The number of aliphatic carboxylic acids is 2. The number of nitrogens with two attached hydrogens (primary N) is 1. The molecule has 1 aliphatic heterocycles. The lowest BCUT2D eigenvalue weighted by Crippen LogP contribution is -2.32. The third kappa shape index (κ3) is 4.54. The largest absolute Gasteiger partial charge is 0.480 e. The number of hydrogen-bond donors (Lipinski definition) is 5. The van der Waals surface area contributed by atoms with Gasteiger partial charge in [0.05, 0.1) is 0 Å². The molecule has 1 aliphatic rings. The van der Waals surface area contributed by atoms with E-state index in [-0.39, 0.29) is 6.04 Å². The van der Waals surface area contributed by atoms with E-state index in [0.717, 1.165) is 35.9 Å². The number of carboxylic acid groups (broad SMARTS) is 2. The summed E-state index contributed by atoms with van der Waals surface area (Å²) >= 11 is 0. The molecule has 0 bridgehead atoms. The lowest BCUT2D eigenvalue weighted by atomic mass is 10.1. The fraction of sp³-hybridized carbons (Fsp3) is 0.375. The van der Waals surface area contributed by atoms with E-state index < -0.39 is 18.0 Å². The number of carbonyl (C=O) groups is 2. The zero-order valence-electron chi connectivity index (χ0n) is 12.7. The zero-order valence-corrected chi connectivity index (χ0v) is 12.7. The molecule has 7 heteroatoms. The molecule has 1 unspecified atom stereocenters. The van der Waals surface area contributed by atoms with Crippen LogP contribution < -0.4 is 11.1 Å². The average Bonchev–Trinajstić information content (AvgIpc) is 3.18. The van der Waals surface area contributed by atoms with Gasteiger partial charge in [-0.2, -0.15) is 0 Å². The van der Waals surface area contributed by atoms with Gasteiger partial charge in [-0.3, -0.25) is 9.59 Å². The van der Waals surface area contributed by atoms with Gasteiger partial charge in [-0.25, -0.2) is 0 Å². The molecule has 6 N–H and O–H groups in total. The molecule has 1 aromatic heterocycles. The van der Waals surface area contributed by atoms with E-state index >= 15 is 0 Å². The van der Waals surface area contributed by atoms with E-state index in [4.69, 9.17) is 15.9 Å². The minimum absolute atomic E-state index is 0.269. The molecular weight excluding hydrogens is 298 g/mol. The first-order valence-corrected chi connectivity index (χ1v) is 7.48. The third-order valence-corrected chi connectivity index (χ3v) is 3.79. The quantitative estimate of drug-likeness (QED) is 0.570. The number of nitrogens with one attached hydrogen (secondary N) is 2. The highest BCUT2D eigenvalue weighted by Gasteiger charge is 2.20. The van der Waals surface area contributed by atoms with Crippen molar-refractivity contribution >= 4 is 22.8 Å². The minimum atomic E-state index is -0.972. The summed E-state index contributed by atoms with van der Waals surface area (Å²) in [6.45, 7) is 0.858. The van der Waals surface area contributed by atoms with Crippen molar-refractivity contribution in [3.63, 3.8) is 0 Å². The summed E-state index contributed by atoms with van der Waals surface area (Å²) in [4.78, 5) is 23.8. The predicted octanol–water partition coefficient (Wildman–Crippen LogP) is 0.945. The van der Waals surface area contributed by atoms with E-state index in [1.807, 2.05) is 30.5 Å². The highest BCUT2D eigenvalue weighted by atomic mass is 16.4. The van der Waals surface area contributed by atoms with Gasteiger partial charge < -0.3 is 26.2 Å². The number of para-hydroxylation sites is 1. The number of rotatable bonds is 4. The highest BCUT2D eigenvalue weighted by molar-refractivity contribution is 5.84. The van der Waals surface area contributed by atoms with Crippen molar-refractivity contribution in [1.29, 1.82) is 0 Å². The second kappa shape index (κ2) is 7.75. The molecule has 0 spiro atoms. The van der Waals surface area contributed by atoms with Crippen LogP contribution in [-0.4, -0.2) is 45.8 Å². The van der Waals surface area contributed by atoms with Gasteiger partial charge in [-0.15, -0.1) is 0 Å². The maximum atomic E-state index is 10.6. The fourth-order valence-corrected chi connectivity index (χ4v) is 2.52. The van der Waals surface area contributed by atoms with Crippen LogP contribution in [0.1, 0.15) is 18.4 Å². The van der Waals surface area contributed by atoms with Crippen molar-refractivity contribution in [3.8, 4) is 0 Å². The number of aromatic nitrogens is 1. The molecule has 1 saturated heterocycles. The van der Waals surface area contributed by atoms with Crippen LogP contribution in [0.3, 0.4) is 0 Å². The Labute approximate surface area is 133 Å². The van der Waals surface area contributed by atoms with Crippen molar-refractivity contribution in [2.24, 2.45) is 5.73 Å². The second-order valence-corrected chi connectivity index (χ2v) is 5.50. The van der Waals surface area contributed by atoms with Gasteiger partial charge in [-0.05, 0) is 31.0 Å². The summed E-state index contributed by atoms with van der Waals surface area (Å²) < 4.78 is 0. The number of hydrogen-bond acceptors (Lipinski definition) is 4. The number of carboxylic acids is 2. The molecule has 0 radical (unpaired) electrons. The number of benzene rings is 1. The number of H-pyrrole nitrogens is 1. The molecule has 0 amide bonds. The Morgan fingerprint density at radius 2 is 2.04 bits per heavy atom. The second-order valence-electron chi connectivity index (χ2n) is 5.50. The Kier molecular flexibility index (Phi) is 5.72. The SMILES string of the molecule is NC(Cc1c[nH]c2ccccc12)C(=O)O.O=C(O)[C@@H]1CCCN1. The van der Waals surface area contributed by atoms with Crippen LogP contribution in [0.4, 0.5) is 0 Å². The fourth-order valence-electron chi connectivity index (χ4n) is 2.52. The van der Waals surface area contributed by atoms with Crippen molar-refractivity contribution in [3.05, 3.63) is 36.0 Å². The zero-order chi connectivity index (χ0) is 16.8. The van der Waals surface area contributed by atoms with Crippen LogP contribution in [0, 0.1) is 0 Å². The molecule has 1 aromatic carbocycles. The van der Waals surface area contributed by atoms with Gasteiger partial charge >= 0.3 is 11.9 Å². The highest BCUT2D eigenvalue weighted by Crippen LogP contribution is 2.18. The van der Waals surface area contributed by atoms with E-state index in [2.05, 4.69) is 10.3 Å². The molecule has 7 nitrogen and oxygen atoms in total. The molecule has 1 fully saturated rings. The van der Waals surface area contributed by atoms with Crippen LogP contribution in [0.5, 0.6) is 0 Å². The normalized spacial score (nSPS) is 18.2. The van der Waals surface area contributed by atoms with Gasteiger partial charge in [0, 0.05) is 23.5 Å². The standard InChI is InChI=1S/C11H12N2O2.C5H9NO2/c12-9(11(14)15)5-7-6-13-10-4-2-1-3-8(7)10;7-5(8)4-2-1-3-6-4/h1-4,6,9,13H,5,12H2,(H,14,15);4,6H,1-3H2,(H,7,8)/t;4-/m.0/s1. The van der Waals surface area contributed by atoms with Crippen molar-refractivity contribution in [2.75, 3.05) is 6.54 Å². The maximum absolute atomic E-state index is 10.6. The average molecular weight is 319 g/mol. The first-order chi connectivity index (χ1) is 11.0. The van der Waals surface area contributed by atoms with Crippen LogP contribution in [0.25, 0.3) is 10.9 Å². The Balaban J connectivity index is 0.000000203. The summed E-state index contributed by atoms with van der Waals surface area (Å²) in [6.07, 6.45) is 3.94. The molecule has 124 valence electrons. The Bertz CT molecular complexity index is 677. The summed E-state index contributed by atoms with van der Waals surface area (Å²) in [5.74, 6) is -1.69. The van der Waals surface area contributed by atoms with Crippen LogP contribution in [-0.2, 0) is 16.0 Å².